The predicted octanol–water partition coefficient (Wildman–Crippen LogP) is 3.99. The summed E-state index contributed by atoms with van der Waals surface area (Å²) in [4.78, 5) is 26.3. The second-order valence-electron chi connectivity index (χ2n) is 6.35. The molecule has 1 saturated heterocycles. The molecule has 0 saturated carbocycles. The highest BCUT2D eigenvalue weighted by Gasteiger charge is 2.29. The van der Waals surface area contributed by atoms with Crippen molar-refractivity contribution in [3.05, 3.63) is 58.9 Å². The highest BCUT2D eigenvalue weighted by atomic mass is 79.9. The minimum atomic E-state index is -0.0578. The molecule has 0 spiro atoms. The van der Waals surface area contributed by atoms with E-state index in [1.165, 1.54) is 12.4 Å². The molecule has 0 unspecified atom stereocenters. The van der Waals surface area contributed by atoms with Gasteiger partial charge in [0.05, 0.1) is 22.8 Å². The smallest absolute Gasteiger partial charge is 0.246 e. The number of likely N-dealkylation sites (tertiary alicyclic amines) is 1. The monoisotopic (exact) mass is 458 g/mol. The first-order valence-corrected chi connectivity index (χ1v) is 9.71. The summed E-state index contributed by atoms with van der Waals surface area (Å²) in [7, 11) is 0. The maximum absolute atomic E-state index is 11.6. The highest BCUT2D eigenvalue weighted by Crippen LogP contribution is 2.29. The van der Waals surface area contributed by atoms with Crippen LogP contribution in [0.3, 0.4) is 0 Å². The maximum atomic E-state index is 11.6. The summed E-state index contributed by atoms with van der Waals surface area (Å²) in [5, 5.41) is 8.05. The van der Waals surface area contributed by atoms with Crippen LogP contribution in [0.5, 0.6) is 0 Å². The number of benzene rings is 1. The van der Waals surface area contributed by atoms with E-state index in [0.717, 1.165) is 21.1 Å². The minimum absolute atomic E-state index is 0.0578. The van der Waals surface area contributed by atoms with Gasteiger partial charge in [-0.3, -0.25) is 4.79 Å². The van der Waals surface area contributed by atoms with Gasteiger partial charge in [-0.05, 0) is 46.3 Å². The van der Waals surface area contributed by atoms with Crippen molar-refractivity contribution in [2.45, 2.75) is 6.04 Å². The lowest BCUT2D eigenvalue weighted by atomic mass is 10.1. The van der Waals surface area contributed by atoms with Gasteiger partial charge in [0.15, 0.2) is 0 Å². The van der Waals surface area contributed by atoms with Crippen molar-refractivity contribution in [2.24, 2.45) is 0 Å². The molecule has 9 heteroatoms. The number of carbonyl (C=O) groups excluding carboxylic acids is 1. The molecule has 0 radical (unpaired) electrons. The zero-order valence-corrected chi connectivity index (χ0v) is 17.0. The zero-order chi connectivity index (χ0) is 19.7. The summed E-state index contributed by atoms with van der Waals surface area (Å²) < 4.78 is 0.826. The topological polar surface area (TPSA) is 83.0 Å². The Morgan fingerprint density at radius 1 is 1.29 bits per heavy atom. The molecule has 0 aliphatic carbocycles. The van der Waals surface area contributed by atoms with Gasteiger partial charge in [-0.25, -0.2) is 15.0 Å². The Morgan fingerprint density at radius 3 is 2.86 bits per heavy atom. The van der Waals surface area contributed by atoms with E-state index in [9.17, 15) is 4.79 Å². The quantitative estimate of drug-likeness (QED) is 0.561. The second kappa shape index (κ2) is 7.73. The average molecular weight is 460 g/mol. The molecule has 28 heavy (non-hydrogen) atoms. The van der Waals surface area contributed by atoms with Crippen LogP contribution in [0.1, 0.15) is 0 Å². The molecule has 1 amide bonds. The number of amides is 1. The first-order chi connectivity index (χ1) is 13.5. The number of fused-ring (bicyclic) bond motifs is 1. The van der Waals surface area contributed by atoms with Gasteiger partial charge in [-0.1, -0.05) is 18.2 Å². The Kier molecular flexibility index (Phi) is 5.15. The largest absolute Gasteiger partial charge is 0.364 e. The van der Waals surface area contributed by atoms with Crippen LogP contribution in [0.2, 0.25) is 5.02 Å². The number of nitrogens with zero attached hydrogens (tertiary/aromatic N) is 4. The van der Waals surface area contributed by atoms with Crippen LogP contribution >= 0.6 is 27.5 Å². The fourth-order valence-corrected chi connectivity index (χ4v) is 3.36. The first-order valence-electron chi connectivity index (χ1n) is 8.54. The van der Waals surface area contributed by atoms with Gasteiger partial charge in [0.25, 0.3) is 0 Å². The molecule has 1 aliphatic rings. The van der Waals surface area contributed by atoms with E-state index < -0.39 is 0 Å². The van der Waals surface area contributed by atoms with Crippen molar-refractivity contribution in [1.29, 1.82) is 0 Å². The van der Waals surface area contributed by atoms with Gasteiger partial charge in [-0.2, -0.15) is 0 Å². The number of halogens is 2. The van der Waals surface area contributed by atoms with Gasteiger partial charge < -0.3 is 15.5 Å². The van der Waals surface area contributed by atoms with E-state index in [4.69, 9.17) is 11.6 Å². The van der Waals surface area contributed by atoms with E-state index in [0.29, 0.717) is 29.7 Å². The van der Waals surface area contributed by atoms with Crippen molar-refractivity contribution >= 4 is 61.7 Å². The number of nitrogens with one attached hydrogen (secondary N) is 2. The molecule has 3 aromatic rings. The van der Waals surface area contributed by atoms with Crippen LogP contribution in [-0.2, 0) is 4.79 Å². The Bertz CT molecular complexity index is 1070. The van der Waals surface area contributed by atoms with Crippen LogP contribution in [0, 0.1) is 0 Å². The third kappa shape index (κ3) is 3.79. The lowest BCUT2D eigenvalue weighted by Gasteiger charge is -2.39. The van der Waals surface area contributed by atoms with Gasteiger partial charge in [-0.15, -0.1) is 0 Å². The van der Waals surface area contributed by atoms with E-state index in [2.05, 4.69) is 48.1 Å². The van der Waals surface area contributed by atoms with Gasteiger partial charge >= 0.3 is 0 Å². The molecule has 1 fully saturated rings. The summed E-state index contributed by atoms with van der Waals surface area (Å²) in [6.07, 6.45) is 4.52. The van der Waals surface area contributed by atoms with Crippen molar-refractivity contribution in [2.75, 3.05) is 23.7 Å². The molecule has 1 aromatic carbocycles. The second-order valence-corrected chi connectivity index (χ2v) is 7.61. The number of aromatic nitrogens is 3. The normalized spacial score (nSPS) is 13.9. The number of hydrogen-bond acceptors (Lipinski definition) is 6. The molecule has 2 aromatic heterocycles. The molecule has 4 rings (SSSR count). The number of pyridine rings is 1. The van der Waals surface area contributed by atoms with Gasteiger partial charge in [0.1, 0.15) is 18.0 Å². The maximum Gasteiger partial charge on any atom is 0.246 e. The van der Waals surface area contributed by atoms with Crippen LogP contribution in [-0.4, -0.2) is 44.9 Å². The fourth-order valence-electron chi connectivity index (χ4n) is 2.94. The van der Waals surface area contributed by atoms with Crippen molar-refractivity contribution < 1.29 is 4.79 Å². The Balaban J connectivity index is 1.55. The zero-order valence-electron chi connectivity index (χ0n) is 14.7. The first kappa shape index (κ1) is 18.6. The lowest BCUT2D eigenvalue weighted by molar-refractivity contribution is -0.129. The lowest BCUT2D eigenvalue weighted by Crippen LogP contribution is -2.56. The molecule has 1 aliphatic heterocycles. The average Bonchev–Trinajstić information content (AvgIpc) is 2.67. The molecule has 142 valence electrons. The Labute approximate surface area is 175 Å². The molecule has 2 N–H and O–H groups in total. The summed E-state index contributed by atoms with van der Waals surface area (Å²) in [5.74, 6) is 1.30. The molecule has 7 nitrogen and oxygen atoms in total. The van der Waals surface area contributed by atoms with E-state index in [-0.39, 0.29) is 11.9 Å². The van der Waals surface area contributed by atoms with Crippen LogP contribution in [0.4, 0.5) is 17.3 Å². The Hall–Kier alpha value is -2.71. The van der Waals surface area contributed by atoms with Gasteiger partial charge in [0, 0.05) is 28.6 Å². The molecule has 3 heterocycles. The van der Waals surface area contributed by atoms with Gasteiger partial charge in [0.2, 0.25) is 5.91 Å². The third-order valence-electron chi connectivity index (χ3n) is 4.42. The molecular formula is C19H16BrClN6O. The van der Waals surface area contributed by atoms with E-state index in [1.54, 1.807) is 11.1 Å². The molecule has 0 atom stereocenters. The number of hydrogen-bond donors (Lipinski definition) is 2. The van der Waals surface area contributed by atoms with Crippen LogP contribution in [0.15, 0.2) is 53.9 Å². The highest BCUT2D eigenvalue weighted by molar-refractivity contribution is 9.10. The van der Waals surface area contributed by atoms with E-state index >= 15 is 0 Å². The van der Waals surface area contributed by atoms with E-state index in [1.807, 2.05) is 24.3 Å². The number of carbonyl (C=O) groups is 1. The SMILES string of the molecule is C=CC(=O)N1CC(Nc2cc3c(Nc4ccc(Br)c(Cl)c4)ncnc3cn2)C1. The standard InChI is InChI=1S/C19H16BrClN6O/c1-2-18(28)27-8-12(9-27)25-17-6-13-16(7-22-17)23-10-24-19(13)26-11-3-4-14(20)15(21)5-11/h2-7,10,12H,1,8-9H2,(H,22,25)(H,23,24,26). The number of rotatable bonds is 5. The van der Waals surface area contributed by atoms with Crippen molar-refractivity contribution in [3.8, 4) is 0 Å². The summed E-state index contributed by atoms with van der Waals surface area (Å²) in [6.45, 7) is 4.75. The van der Waals surface area contributed by atoms with Crippen LogP contribution < -0.4 is 10.6 Å². The molecular weight excluding hydrogens is 444 g/mol. The summed E-state index contributed by atoms with van der Waals surface area (Å²) in [6, 6.07) is 7.65. The summed E-state index contributed by atoms with van der Waals surface area (Å²) >= 11 is 9.56. The minimum Gasteiger partial charge on any atom is -0.364 e. The van der Waals surface area contributed by atoms with Crippen molar-refractivity contribution in [3.63, 3.8) is 0 Å². The van der Waals surface area contributed by atoms with Crippen molar-refractivity contribution in [1.82, 2.24) is 19.9 Å². The Morgan fingerprint density at radius 2 is 2.11 bits per heavy atom. The molecule has 0 bridgehead atoms. The summed E-state index contributed by atoms with van der Waals surface area (Å²) in [5.41, 5.74) is 1.54. The predicted molar refractivity (Wildman–Crippen MR) is 114 cm³/mol. The fraction of sp³-hybridized carbons (Fsp3) is 0.158. The van der Waals surface area contributed by atoms with Crippen LogP contribution in [0.25, 0.3) is 10.9 Å². The third-order valence-corrected chi connectivity index (χ3v) is 5.66. The number of anilines is 3.